The number of nitrogens with two attached hydrogens (primary N) is 3. The number of nitrogens with one attached hydrogen (secondary N) is 1. The van der Waals surface area contributed by atoms with Crippen molar-refractivity contribution >= 4 is 11.8 Å². The van der Waals surface area contributed by atoms with E-state index in [0.29, 0.717) is 12.5 Å². The molecule has 0 amide bonds. The van der Waals surface area contributed by atoms with Crippen molar-refractivity contribution in [3.05, 3.63) is 0 Å². The fourth-order valence-corrected chi connectivity index (χ4v) is 0.565. The van der Waals surface area contributed by atoms with Crippen LogP contribution >= 0.6 is 0 Å². The molecular weight excluding hydrogens is 142 g/mol. The Kier molecular flexibility index (Phi) is 4.21. The zero-order chi connectivity index (χ0) is 8.85. The molecule has 0 unspecified atom stereocenters. The summed E-state index contributed by atoms with van der Waals surface area (Å²) in [6, 6.07) is 0.193. The zero-order valence-electron chi connectivity index (χ0n) is 6.96. The molecule has 0 aromatic heterocycles. The van der Waals surface area contributed by atoms with Crippen LogP contribution in [0.4, 0.5) is 0 Å². The van der Waals surface area contributed by atoms with Crippen molar-refractivity contribution in [3.8, 4) is 0 Å². The first-order valence-electron chi connectivity index (χ1n) is 3.51. The van der Waals surface area contributed by atoms with Crippen molar-refractivity contribution in [2.45, 2.75) is 19.9 Å². The lowest BCUT2D eigenvalue weighted by molar-refractivity contribution is -0.525. The van der Waals surface area contributed by atoms with Crippen LogP contribution in [0.3, 0.4) is 0 Å². The molecule has 0 atom stereocenters. The van der Waals surface area contributed by atoms with Gasteiger partial charge in [0.05, 0.1) is 6.04 Å². The van der Waals surface area contributed by atoms with Gasteiger partial charge in [-0.05, 0) is 13.8 Å². The molecule has 0 aliphatic heterocycles. The molecule has 0 aliphatic carbocycles. The molecule has 64 valence electrons. The number of nitrogens with zero attached hydrogens (tertiary/aromatic N) is 1. The average molecular weight is 158 g/mol. The summed E-state index contributed by atoms with van der Waals surface area (Å²) in [5, 5.41) is 8.55. The third-order valence-electron chi connectivity index (χ3n) is 0.938. The number of hydrogen-bond donors (Lipinski definition) is 4. The molecule has 7 N–H and O–H groups in total. The van der Waals surface area contributed by atoms with Crippen molar-refractivity contribution in [1.82, 2.24) is 0 Å². The molecule has 0 aromatic carbocycles. The van der Waals surface area contributed by atoms with E-state index in [4.69, 9.17) is 16.9 Å². The molecule has 0 spiro atoms. The summed E-state index contributed by atoms with van der Waals surface area (Å²) in [5.74, 6) is 0.558. The third-order valence-corrected chi connectivity index (χ3v) is 0.938. The molecule has 0 saturated carbocycles. The maximum atomic E-state index is 6.91. The lowest BCUT2D eigenvalue weighted by Crippen LogP contribution is -2.92. The Morgan fingerprint density at radius 1 is 1.55 bits per heavy atom. The van der Waals surface area contributed by atoms with Crippen LogP contribution in [0.5, 0.6) is 0 Å². The van der Waals surface area contributed by atoms with Gasteiger partial charge < -0.3 is 11.5 Å². The van der Waals surface area contributed by atoms with Gasteiger partial charge in [-0.3, -0.25) is 10.7 Å². The standard InChI is InChI=1S/C6H15N5/c1-4(2)11-6(9)10-3-5(7)8/h4H,3H2,1-2H3,(H3,7,8)(H3,9,10,11)/p+1. The first kappa shape index (κ1) is 9.90. The van der Waals surface area contributed by atoms with E-state index < -0.39 is 0 Å². The van der Waals surface area contributed by atoms with Gasteiger partial charge in [-0.2, -0.15) is 0 Å². The first-order valence-corrected chi connectivity index (χ1v) is 3.51. The quantitative estimate of drug-likeness (QED) is 0.288. The van der Waals surface area contributed by atoms with Crippen molar-refractivity contribution in [1.29, 1.82) is 5.41 Å². The summed E-state index contributed by atoms with van der Waals surface area (Å²) in [6.45, 7) is 4.25. The SMILES string of the molecule is CC(C)N=C(N)[NH2+]CC(=N)N. The summed E-state index contributed by atoms with van der Waals surface area (Å²) >= 11 is 0. The summed E-state index contributed by atoms with van der Waals surface area (Å²) in [4.78, 5) is 4.04. The monoisotopic (exact) mass is 158 g/mol. The molecular formula is C6H16N5+. The van der Waals surface area contributed by atoms with E-state index in [1.807, 2.05) is 13.8 Å². The van der Waals surface area contributed by atoms with Gasteiger partial charge in [0.15, 0.2) is 0 Å². The van der Waals surface area contributed by atoms with Gasteiger partial charge in [0.2, 0.25) is 0 Å². The summed E-state index contributed by atoms with van der Waals surface area (Å²) in [6.07, 6.45) is 0. The number of aliphatic imine (C=N–C) groups is 1. The molecule has 5 nitrogen and oxygen atoms in total. The Bertz CT molecular complexity index is 160. The van der Waals surface area contributed by atoms with Gasteiger partial charge in [0.1, 0.15) is 12.4 Å². The minimum absolute atomic E-state index is 0.104. The van der Waals surface area contributed by atoms with E-state index in [0.717, 1.165) is 0 Å². The predicted octanol–water partition coefficient (Wildman–Crippen LogP) is -1.79. The maximum Gasteiger partial charge on any atom is 0.292 e. The topological polar surface area (TPSA) is 105 Å². The molecule has 0 aromatic rings. The van der Waals surface area contributed by atoms with Crippen LogP contribution in [0.15, 0.2) is 4.99 Å². The van der Waals surface area contributed by atoms with Crippen LogP contribution in [0, 0.1) is 5.41 Å². The highest BCUT2D eigenvalue weighted by atomic mass is 15.1. The van der Waals surface area contributed by atoms with Gasteiger partial charge >= 0.3 is 0 Å². The van der Waals surface area contributed by atoms with E-state index in [2.05, 4.69) is 4.99 Å². The van der Waals surface area contributed by atoms with Crippen LogP contribution in [-0.2, 0) is 0 Å². The highest BCUT2D eigenvalue weighted by Crippen LogP contribution is 1.80. The van der Waals surface area contributed by atoms with Crippen LogP contribution < -0.4 is 16.8 Å². The average Bonchev–Trinajstić information content (AvgIpc) is 1.82. The second-order valence-corrected chi connectivity index (χ2v) is 2.58. The van der Waals surface area contributed by atoms with Crippen molar-refractivity contribution in [2.24, 2.45) is 16.5 Å². The fraction of sp³-hybridized carbons (Fsp3) is 0.667. The van der Waals surface area contributed by atoms with E-state index in [1.165, 1.54) is 0 Å². The second-order valence-electron chi connectivity index (χ2n) is 2.58. The lowest BCUT2D eigenvalue weighted by Gasteiger charge is -1.99. The van der Waals surface area contributed by atoms with Crippen molar-refractivity contribution in [3.63, 3.8) is 0 Å². The van der Waals surface area contributed by atoms with E-state index in [-0.39, 0.29) is 11.9 Å². The highest BCUT2D eigenvalue weighted by molar-refractivity contribution is 5.79. The normalized spacial score (nSPS) is 12.1. The van der Waals surface area contributed by atoms with Crippen LogP contribution in [-0.4, -0.2) is 24.4 Å². The van der Waals surface area contributed by atoms with Gasteiger partial charge in [-0.15, -0.1) is 0 Å². The Balaban J connectivity index is 3.68. The first-order chi connectivity index (χ1) is 5.02. The Morgan fingerprint density at radius 3 is 2.45 bits per heavy atom. The molecule has 5 heteroatoms. The third kappa shape index (κ3) is 6.79. The van der Waals surface area contributed by atoms with Crippen molar-refractivity contribution < 1.29 is 5.32 Å². The lowest BCUT2D eigenvalue weighted by atomic mass is 10.4. The number of rotatable bonds is 3. The fourth-order valence-electron chi connectivity index (χ4n) is 0.565. The predicted molar refractivity (Wildman–Crippen MR) is 45.5 cm³/mol. The number of quaternary nitrogens is 1. The van der Waals surface area contributed by atoms with Gasteiger partial charge in [-0.25, -0.2) is 4.99 Å². The number of guanidine groups is 1. The van der Waals surface area contributed by atoms with Gasteiger partial charge in [-0.1, -0.05) is 0 Å². The Morgan fingerprint density at radius 2 is 2.09 bits per heavy atom. The van der Waals surface area contributed by atoms with Crippen LogP contribution in [0.1, 0.15) is 13.8 Å². The molecule has 0 heterocycles. The summed E-state index contributed by atoms with van der Waals surface area (Å²) in [5.41, 5.74) is 10.6. The zero-order valence-corrected chi connectivity index (χ0v) is 6.96. The smallest absolute Gasteiger partial charge is 0.292 e. The molecule has 0 fully saturated rings. The Hall–Kier alpha value is -1.10. The number of hydrogen-bond acceptors (Lipinski definition) is 2. The molecule has 0 rings (SSSR count). The minimum Gasteiger partial charge on any atom is -0.383 e. The summed E-state index contributed by atoms with van der Waals surface area (Å²) < 4.78 is 0. The number of amidine groups is 1. The van der Waals surface area contributed by atoms with Gasteiger partial charge in [0.25, 0.3) is 5.96 Å². The Labute approximate surface area is 66.4 Å². The molecule has 0 radical (unpaired) electrons. The molecule has 0 bridgehead atoms. The second kappa shape index (κ2) is 4.68. The minimum atomic E-state index is 0.104. The van der Waals surface area contributed by atoms with E-state index in [1.54, 1.807) is 5.32 Å². The maximum absolute atomic E-state index is 6.91. The highest BCUT2D eigenvalue weighted by Gasteiger charge is 1.98. The van der Waals surface area contributed by atoms with Gasteiger partial charge in [0, 0.05) is 0 Å². The van der Waals surface area contributed by atoms with E-state index >= 15 is 0 Å². The van der Waals surface area contributed by atoms with Crippen molar-refractivity contribution in [2.75, 3.05) is 6.54 Å². The molecule has 0 saturated heterocycles. The largest absolute Gasteiger partial charge is 0.383 e. The van der Waals surface area contributed by atoms with E-state index in [9.17, 15) is 0 Å². The van der Waals surface area contributed by atoms with Crippen LogP contribution in [0.2, 0.25) is 0 Å². The molecule has 0 aliphatic rings. The molecule has 11 heavy (non-hydrogen) atoms. The van der Waals surface area contributed by atoms with Crippen LogP contribution in [0.25, 0.3) is 0 Å². The summed E-state index contributed by atoms with van der Waals surface area (Å²) in [7, 11) is 0.